The normalized spacial score (nSPS) is 16.7. The maximum Gasteiger partial charge on any atom is 0.261 e. The van der Waals surface area contributed by atoms with Gasteiger partial charge in [0.25, 0.3) is 11.8 Å². The molecule has 1 aromatic rings. The second-order valence-electron chi connectivity index (χ2n) is 7.50. The third-order valence-corrected chi connectivity index (χ3v) is 9.33. The zero-order valence-electron chi connectivity index (χ0n) is 14.6. The Morgan fingerprint density at radius 1 is 1.13 bits per heavy atom. The van der Waals surface area contributed by atoms with Crippen molar-refractivity contribution < 1.29 is 14.0 Å². The molecule has 2 amide bonds. The molecule has 6 heteroatoms. The van der Waals surface area contributed by atoms with Gasteiger partial charge in [0.2, 0.25) is 0 Å². The largest absolute Gasteiger partial charge is 0.411 e. The van der Waals surface area contributed by atoms with Crippen LogP contribution in [0.3, 0.4) is 0 Å². The van der Waals surface area contributed by atoms with Gasteiger partial charge in [-0.05, 0) is 30.3 Å². The predicted octanol–water partition coefficient (Wildman–Crippen LogP) is 2.63. The van der Waals surface area contributed by atoms with Crippen molar-refractivity contribution in [3.63, 3.8) is 0 Å². The summed E-state index contributed by atoms with van der Waals surface area (Å²) in [6.07, 6.45) is -0.335. The van der Waals surface area contributed by atoms with Gasteiger partial charge in [0.05, 0.1) is 23.8 Å². The fourth-order valence-corrected chi connectivity index (χ4v) is 3.72. The molecule has 1 atom stereocenters. The Morgan fingerprint density at radius 3 is 2.00 bits per heavy atom. The lowest BCUT2D eigenvalue weighted by Crippen LogP contribution is -2.50. The van der Waals surface area contributed by atoms with Gasteiger partial charge in [-0.15, -0.1) is 0 Å². The van der Waals surface area contributed by atoms with E-state index in [-0.39, 0.29) is 36.0 Å². The molecule has 0 bridgehead atoms. The van der Waals surface area contributed by atoms with E-state index in [9.17, 15) is 9.59 Å². The molecule has 0 aromatic heterocycles. The number of benzene rings is 1. The van der Waals surface area contributed by atoms with Crippen LogP contribution < -0.4 is 5.73 Å². The number of hydrogen-bond donors (Lipinski definition) is 1. The highest BCUT2D eigenvalue weighted by Gasteiger charge is 2.41. The van der Waals surface area contributed by atoms with Crippen LogP contribution in [-0.2, 0) is 4.43 Å². The topological polar surface area (TPSA) is 72.6 Å². The van der Waals surface area contributed by atoms with Gasteiger partial charge in [0.15, 0.2) is 8.32 Å². The van der Waals surface area contributed by atoms with Gasteiger partial charge < -0.3 is 10.2 Å². The Hall–Kier alpha value is -1.50. The number of rotatable bonds is 5. The van der Waals surface area contributed by atoms with Crippen molar-refractivity contribution >= 4 is 20.1 Å². The van der Waals surface area contributed by atoms with Gasteiger partial charge in [0, 0.05) is 6.54 Å². The second-order valence-corrected chi connectivity index (χ2v) is 12.3. The monoisotopic (exact) mass is 334 g/mol. The third kappa shape index (κ3) is 3.39. The molecule has 1 aliphatic heterocycles. The minimum absolute atomic E-state index is 0.0441. The van der Waals surface area contributed by atoms with Gasteiger partial charge in [-0.1, -0.05) is 32.9 Å². The van der Waals surface area contributed by atoms with Gasteiger partial charge in [-0.3, -0.25) is 14.5 Å². The van der Waals surface area contributed by atoms with E-state index in [1.54, 1.807) is 24.3 Å². The van der Waals surface area contributed by atoms with E-state index in [1.807, 2.05) is 0 Å². The molecule has 0 spiro atoms. The van der Waals surface area contributed by atoms with E-state index >= 15 is 0 Å². The molecular weight excluding hydrogens is 308 g/mol. The zero-order chi connectivity index (χ0) is 17.4. The quantitative estimate of drug-likeness (QED) is 0.663. The number of imide groups is 1. The highest BCUT2D eigenvalue weighted by Crippen LogP contribution is 2.37. The van der Waals surface area contributed by atoms with Gasteiger partial charge >= 0.3 is 0 Å². The summed E-state index contributed by atoms with van der Waals surface area (Å²) >= 11 is 0. The molecule has 2 N–H and O–H groups in total. The van der Waals surface area contributed by atoms with Crippen molar-refractivity contribution in [2.24, 2.45) is 5.73 Å². The fraction of sp³-hybridized carbons (Fsp3) is 0.529. The maximum absolute atomic E-state index is 12.4. The van der Waals surface area contributed by atoms with Crippen LogP contribution >= 0.6 is 0 Å². The van der Waals surface area contributed by atoms with Crippen LogP contribution in [0.1, 0.15) is 41.5 Å². The minimum Gasteiger partial charge on any atom is -0.411 e. The molecule has 1 heterocycles. The summed E-state index contributed by atoms with van der Waals surface area (Å²) in [5.41, 5.74) is 6.76. The summed E-state index contributed by atoms with van der Waals surface area (Å²) in [6.45, 7) is 11.2. The lowest BCUT2D eigenvalue weighted by molar-refractivity contribution is 0.0565. The number of carbonyl (C=O) groups excluding carboxylic acids is 2. The fourth-order valence-electron chi connectivity index (χ4n) is 2.36. The first-order valence-corrected chi connectivity index (χ1v) is 10.8. The molecule has 1 aliphatic rings. The van der Waals surface area contributed by atoms with Crippen molar-refractivity contribution in [3.8, 4) is 0 Å². The number of nitrogens with zero attached hydrogens (tertiary/aromatic N) is 1. The molecular formula is C17H26N2O3Si. The summed E-state index contributed by atoms with van der Waals surface area (Å²) in [7, 11) is -2.01. The van der Waals surface area contributed by atoms with Crippen molar-refractivity contribution in [2.45, 2.75) is 45.0 Å². The van der Waals surface area contributed by atoms with Crippen LogP contribution in [0, 0.1) is 0 Å². The molecule has 1 unspecified atom stereocenters. The molecule has 126 valence electrons. The number of amides is 2. The average Bonchev–Trinajstić information content (AvgIpc) is 2.70. The van der Waals surface area contributed by atoms with E-state index < -0.39 is 8.32 Å². The summed E-state index contributed by atoms with van der Waals surface area (Å²) < 4.78 is 6.28. The summed E-state index contributed by atoms with van der Waals surface area (Å²) in [4.78, 5) is 26.1. The van der Waals surface area contributed by atoms with E-state index in [2.05, 4.69) is 33.9 Å². The van der Waals surface area contributed by atoms with E-state index in [1.165, 1.54) is 4.90 Å². The van der Waals surface area contributed by atoms with Crippen molar-refractivity contribution in [2.75, 3.05) is 13.1 Å². The second kappa shape index (κ2) is 6.18. The Balaban J connectivity index is 2.15. The van der Waals surface area contributed by atoms with Gasteiger partial charge in [-0.25, -0.2) is 0 Å². The SMILES string of the molecule is CC(C)(C)[Si](C)(C)OC(CN)CN1C(=O)c2ccccc2C1=O. The Morgan fingerprint density at radius 2 is 1.61 bits per heavy atom. The van der Waals surface area contributed by atoms with Crippen molar-refractivity contribution in [3.05, 3.63) is 35.4 Å². The molecule has 1 aromatic carbocycles. The number of fused-ring (bicyclic) bond motifs is 1. The third-order valence-electron chi connectivity index (χ3n) is 4.79. The molecule has 0 aliphatic carbocycles. The molecule has 2 rings (SSSR count). The summed E-state index contributed by atoms with van der Waals surface area (Å²) in [5, 5.41) is 0.0441. The molecule has 23 heavy (non-hydrogen) atoms. The molecule has 0 saturated carbocycles. The number of carbonyl (C=O) groups is 2. The molecule has 5 nitrogen and oxygen atoms in total. The van der Waals surface area contributed by atoms with Gasteiger partial charge in [-0.2, -0.15) is 0 Å². The Bertz CT molecular complexity index is 588. The van der Waals surface area contributed by atoms with Crippen LogP contribution in [0.5, 0.6) is 0 Å². The number of hydrogen-bond acceptors (Lipinski definition) is 4. The van der Waals surface area contributed by atoms with E-state index in [4.69, 9.17) is 10.2 Å². The highest BCUT2D eigenvalue weighted by atomic mass is 28.4. The van der Waals surface area contributed by atoms with Crippen molar-refractivity contribution in [1.82, 2.24) is 4.90 Å². The summed E-state index contributed by atoms with van der Waals surface area (Å²) in [5.74, 6) is -0.522. The minimum atomic E-state index is -2.01. The van der Waals surface area contributed by atoms with Crippen LogP contribution in [0.2, 0.25) is 18.1 Å². The van der Waals surface area contributed by atoms with Crippen LogP contribution in [0.4, 0.5) is 0 Å². The average molecular weight is 334 g/mol. The first-order valence-electron chi connectivity index (χ1n) is 7.91. The number of nitrogens with two attached hydrogens (primary N) is 1. The van der Waals surface area contributed by atoms with Crippen LogP contribution in [0.25, 0.3) is 0 Å². The van der Waals surface area contributed by atoms with Gasteiger partial charge in [0.1, 0.15) is 0 Å². The lowest BCUT2D eigenvalue weighted by atomic mass is 10.1. The Kier molecular flexibility index (Phi) is 4.80. The molecule has 0 fully saturated rings. The van der Waals surface area contributed by atoms with Crippen LogP contribution in [0.15, 0.2) is 24.3 Å². The van der Waals surface area contributed by atoms with E-state index in [0.29, 0.717) is 11.1 Å². The highest BCUT2D eigenvalue weighted by molar-refractivity contribution is 6.74. The van der Waals surface area contributed by atoms with Crippen molar-refractivity contribution in [1.29, 1.82) is 0 Å². The lowest BCUT2D eigenvalue weighted by Gasteiger charge is -2.39. The predicted molar refractivity (Wildman–Crippen MR) is 92.9 cm³/mol. The first kappa shape index (κ1) is 17.8. The molecule has 0 saturated heterocycles. The smallest absolute Gasteiger partial charge is 0.261 e. The maximum atomic E-state index is 12.4. The Labute approximate surface area is 138 Å². The first-order chi connectivity index (χ1) is 10.6. The molecule has 0 radical (unpaired) electrons. The van der Waals surface area contributed by atoms with Crippen LogP contribution in [-0.4, -0.2) is 44.2 Å². The standard InChI is InChI=1S/C17H26N2O3Si/c1-17(2,3)23(4,5)22-12(10-18)11-19-15(20)13-8-6-7-9-14(13)16(19)21/h6-9,12H,10-11,18H2,1-5H3. The van der Waals surface area contributed by atoms with E-state index in [0.717, 1.165) is 0 Å². The zero-order valence-corrected chi connectivity index (χ0v) is 15.6. The summed E-state index contributed by atoms with van der Waals surface area (Å²) in [6, 6.07) is 6.89.